The van der Waals surface area contributed by atoms with Gasteiger partial charge in [0, 0.05) is 13.0 Å². The van der Waals surface area contributed by atoms with E-state index in [1.165, 1.54) is 0 Å². The van der Waals surface area contributed by atoms with E-state index in [0.717, 1.165) is 5.56 Å². The first-order valence-electron chi connectivity index (χ1n) is 5.87. The highest BCUT2D eigenvalue weighted by molar-refractivity contribution is 7.80. The quantitative estimate of drug-likeness (QED) is 0.649. The topological polar surface area (TPSA) is 78.4 Å². The molecule has 0 aromatic heterocycles. The van der Waals surface area contributed by atoms with Crippen LogP contribution in [0.4, 0.5) is 0 Å². The molecule has 102 valence electrons. The lowest BCUT2D eigenvalue weighted by atomic mass is 10.2. The molecule has 0 unspecified atom stereocenters. The summed E-state index contributed by atoms with van der Waals surface area (Å²) in [5, 5.41) is 14.5. The average Bonchev–Trinajstić information content (AvgIpc) is 2.41. The van der Waals surface area contributed by atoms with Crippen LogP contribution in [0.1, 0.15) is 18.4 Å². The summed E-state index contributed by atoms with van der Waals surface area (Å²) >= 11 is 5.02. The molecule has 5 nitrogen and oxygen atoms in total. The number of ketones is 1. The normalized spacial score (nSPS) is 9.68. The molecule has 0 fully saturated rings. The molecular weight excluding hydrogens is 264 g/mol. The van der Waals surface area contributed by atoms with E-state index >= 15 is 0 Å². The third kappa shape index (κ3) is 7.15. The number of rotatable bonds is 7. The van der Waals surface area contributed by atoms with Gasteiger partial charge >= 0.3 is 5.97 Å². The van der Waals surface area contributed by atoms with E-state index in [-0.39, 0.29) is 25.2 Å². The predicted molar refractivity (Wildman–Crippen MR) is 75.8 cm³/mol. The van der Waals surface area contributed by atoms with Gasteiger partial charge < -0.3 is 15.7 Å². The smallest absolute Gasteiger partial charge is 0.303 e. The zero-order valence-corrected chi connectivity index (χ0v) is 11.2. The summed E-state index contributed by atoms with van der Waals surface area (Å²) in [4.78, 5) is 21.6. The maximum Gasteiger partial charge on any atom is 0.303 e. The third-order valence-corrected chi connectivity index (χ3v) is 2.65. The zero-order valence-electron chi connectivity index (χ0n) is 10.4. The van der Waals surface area contributed by atoms with Gasteiger partial charge in [0.15, 0.2) is 10.9 Å². The fourth-order valence-corrected chi connectivity index (χ4v) is 1.50. The van der Waals surface area contributed by atoms with Crippen LogP contribution in [-0.4, -0.2) is 28.5 Å². The van der Waals surface area contributed by atoms with E-state index in [1.807, 2.05) is 30.3 Å². The van der Waals surface area contributed by atoms with Crippen molar-refractivity contribution in [2.75, 3.05) is 6.54 Å². The Morgan fingerprint density at radius 1 is 1.11 bits per heavy atom. The van der Waals surface area contributed by atoms with Gasteiger partial charge in [-0.3, -0.25) is 9.59 Å². The lowest BCUT2D eigenvalue weighted by molar-refractivity contribution is -0.138. The molecule has 1 rings (SSSR count). The number of hydrogen-bond donors (Lipinski definition) is 3. The van der Waals surface area contributed by atoms with E-state index in [9.17, 15) is 9.59 Å². The number of hydrogen-bond acceptors (Lipinski definition) is 3. The molecule has 0 atom stereocenters. The first-order chi connectivity index (χ1) is 9.08. The number of thiocarbonyl (C=S) groups is 1. The van der Waals surface area contributed by atoms with Crippen molar-refractivity contribution in [2.24, 2.45) is 0 Å². The fraction of sp³-hybridized carbons (Fsp3) is 0.308. The molecule has 0 aliphatic carbocycles. The molecule has 1 aromatic carbocycles. The van der Waals surface area contributed by atoms with Gasteiger partial charge in [-0.15, -0.1) is 0 Å². The Bertz CT molecular complexity index is 448. The average molecular weight is 280 g/mol. The van der Waals surface area contributed by atoms with Crippen LogP contribution >= 0.6 is 12.2 Å². The molecule has 19 heavy (non-hydrogen) atoms. The van der Waals surface area contributed by atoms with Gasteiger partial charge in [0.25, 0.3) is 0 Å². The molecule has 6 heteroatoms. The van der Waals surface area contributed by atoms with Gasteiger partial charge in [-0.2, -0.15) is 0 Å². The van der Waals surface area contributed by atoms with Crippen LogP contribution in [0.15, 0.2) is 30.3 Å². The molecular formula is C13H16N2O3S. The summed E-state index contributed by atoms with van der Waals surface area (Å²) in [7, 11) is 0. The summed E-state index contributed by atoms with van der Waals surface area (Å²) in [5.74, 6) is -1.15. The molecule has 0 radical (unpaired) electrons. The van der Waals surface area contributed by atoms with Crippen LogP contribution in [-0.2, 0) is 16.1 Å². The molecule has 0 spiro atoms. The number of nitrogens with one attached hydrogen (secondary N) is 2. The molecule has 0 amide bonds. The number of aliphatic carboxylic acids is 1. The molecule has 0 aliphatic heterocycles. The summed E-state index contributed by atoms with van der Waals surface area (Å²) in [6.45, 7) is 0.629. The number of Topliss-reactive ketones (excluding diaryl/α,β-unsaturated/α-hetero) is 1. The second kappa shape index (κ2) is 8.20. The van der Waals surface area contributed by atoms with Gasteiger partial charge in [0.2, 0.25) is 0 Å². The highest BCUT2D eigenvalue weighted by atomic mass is 32.1. The highest BCUT2D eigenvalue weighted by Crippen LogP contribution is 1.96. The molecule has 0 bridgehead atoms. The number of carboxylic acids is 1. The maximum absolute atomic E-state index is 11.3. The summed E-state index contributed by atoms with van der Waals surface area (Å²) in [6, 6.07) is 9.73. The highest BCUT2D eigenvalue weighted by Gasteiger charge is 2.06. The predicted octanol–water partition coefficient (Wildman–Crippen LogP) is 1.08. The van der Waals surface area contributed by atoms with Gasteiger partial charge in [-0.05, 0) is 17.8 Å². The van der Waals surface area contributed by atoms with Gasteiger partial charge in [0.05, 0.1) is 13.0 Å². The van der Waals surface area contributed by atoms with Crippen molar-refractivity contribution in [3.8, 4) is 0 Å². The third-order valence-electron chi connectivity index (χ3n) is 2.36. The lowest BCUT2D eigenvalue weighted by Gasteiger charge is -2.09. The number of benzene rings is 1. The van der Waals surface area contributed by atoms with Gasteiger partial charge in [0.1, 0.15) is 0 Å². The minimum absolute atomic E-state index is 0.0175. The Balaban J connectivity index is 2.17. The number of carbonyl (C=O) groups excluding carboxylic acids is 1. The van der Waals surface area contributed by atoms with Crippen molar-refractivity contribution < 1.29 is 14.7 Å². The monoisotopic (exact) mass is 280 g/mol. The molecule has 3 N–H and O–H groups in total. The zero-order chi connectivity index (χ0) is 14.1. The van der Waals surface area contributed by atoms with Crippen LogP contribution in [0.25, 0.3) is 0 Å². The second-order valence-corrected chi connectivity index (χ2v) is 4.36. The largest absolute Gasteiger partial charge is 0.481 e. The Morgan fingerprint density at radius 3 is 2.42 bits per heavy atom. The van der Waals surface area contributed by atoms with Crippen LogP contribution in [0.2, 0.25) is 0 Å². The molecule has 0 saturated heterocycles. The standard InChI is InChI=1S/C13H16N2O3S/c16-11(6-7-12(17)18)9-15-13(19)14-8-10-4-2-1-3-5-10/h1-5H,6-9H2,(H,17,18)(H2,14,15,19). The first kappa shape index (κ1) is 15.1. The van der Waals surface area contributed by atoms with E-state index in [2.05, 4.69) is 10.6 Å². The minimum Gasteiger partial charge on any atom is -0.481 e. The van der Waals surface area contributed by atoms with Crippen LogP contribution < -0.4 is 10.6 Å². The van der Waals surface area contributed by atoms with Crippen LogP contribution in [0.3, 0.4) is 0 Å². The molecule has 1 aromatic rings. The Kier molecular flexibility index (Phi) is 6.52. The summed E-state index contributed by atoms with van der Waals surface area (Å²) in [6.07, 6.45) is -0.131. The van der Waals surface area contributed by atoms with Crippen LogP contribution in [0, 0.1) is 0 Å². The van der Waals surface area contributed by atoms with Crippen molar-refractivity contribution >= 4 is 29.1 Å². The van der Waals surface area contributed by atoms with Crippen molar-refractivity contribution in [1.82, 2.24) is 10.6 Å². The Labute approximate surface area is 117 Å². The molecule has 0 aliphatic rings. The minimum atomic E-state index is -0.974. The number of carboxylic acid groups (broad SMARTS) is 1. The van der Waals surface area contributed by atoms with Crippen molar-refractivity contribution in [3.05, 3.63) is 35.9 Å². The Hall–Kier alpha value is -1.95. The summed E-state index contributed by atoms with van der Waals surface area (Å²) in [5.41, 5.74) is 1.09. The number of carbonyl (C=O) groups is 2. The van der Waals surface area contributed by atoms with Crippen LogP contribution in [0.5, 0.6) is 0 Å². The van der Waals surface area contributed by atoms with Crippen molar-refractivity contribution in [3.63, 3.8) is 0 Å². The SMILES string of the molecule is O=C(O)CCC(=O)CNC(=S)NCc1ccccc1. The van der Waals surface area contributed by atoms with Gasteiger partial charge in [-0.25, -0.2) is 0 Å². The molecule has 0 saturated carbocycles. The van der Waals surface area contributed by atoms with E-state index < -0.39 is 5.97 Å². The van der Waals surface area contributed by atoms with E-state index in [1.54, 1.807) is 0 Å². The first-order valence-corrected chi connectivity index (χ1v) is 6.28. The fourth-order valence-electron chi connectivity index (χ4n) is 1.35. The lowest BCUT2D eigenvalue weighted by Crippen LogP contribution is -2.37. The van der Waals surface area contributed by atoms with Gasteiger partial charge in [-0.1, -0.05) is 30.3 Å². The second-order valence-electron chi connectivity index (χ2n) is 3.95. The molecule has 0 heterocycles. The van der Waals surface area contributed by atoms with E-state index in [4.69, 9.17) is 17.3 Å². The summed E-state index contributed by atoms with van der Waals surface area (Å²) < 4.78 is 0. The van der Waals surface area contributed by atoms with Crippen molar-refractivity contribution in [1.29, 1.82) is 0 Å². The van der Waals surface area contributed by atoms with E-state index in [0.29, 0.717) is 11.7 Å². The maximum atomic E-state index is 11.3. The van der Waals surface area contributed by atoms with Crippen molar-refractivity contribution in [2.45, 2.75) is 19.4 Å². The Morgan fingerprint density at radius 2 is 1.79 bits per heavy atom.